The normalized spacial score (nSPS) is 11.9. The van der Waals surface area contributed by atoms with Crippen LogP contribution in [0, 0.1) is 0 Å². The largest absolute Gasteiger partial charge is 0.452 e. The molecule has 9 heteroatoms. The van der Waals surface area contributed by atoms with Gasteiger partial charge < -0.3 is 10.1 Å². The molecule has 0 fully saturated rings. The standard InChI is InChI=1S/C28H29ClN2O5S/c1-4-17-31(21-11-7-6-8-12-21)37(34,35)22-15-16-25(29)24(18-22)28(33)36-19-27(32)30-26-14-10-9-13-23(26)20(3)5-2/h4,6-16,18,20H,1,5,17,19H2,2-3H3,(H,30,32)/t20-/m1/s1. The number of sulfonamides is 1. The molecule has 0 radical (unpaired) electrons. The first-order valence-corrected chi connectivity index (χ1v) is 13.5. The van der Waals surface area contributed by atoms with Crippen molar-refractivity contribution < 1.29 is 22.7 Å². The number of carbonyl (C=O) groups is 2. The molecule has 1 atom stereocenters. The third-order valence-electron chi connectivity index (χ3n) is 5.80. The Bertz CT molecular complexity index is 1380. The molecular formula is C28H29ClN2O5S. The van der Waals surface area contributed by atoms with Gasteiger partial charge in [0.25, 0.3) is 15.9 Å². The number of nitrogens with zero attached hydrogens (tertiary/aromatic N) is 1. The van der Waals surface area contributed by atoms with Gasteiger partial charge in [-0.15, -0.1) is 6.58 Å². The maximum Gasteiger partial charge on any atom is 0.340 e. The highest BCUT2D eigenvalue weighted by Gasteiger charge is 2.26. The van der Waals surface area contributed by atoms with Crippen LogP contribution >= 0.6 is 11.6 Å². The quantitative estimate of drug-likeness (QED) is 0.237. The zero-order valence-electron chi connectivity index (χ0n) is 20.7. The maximum absolute atomic E-state index is 13.4. The van der Waals surface area contributed by atoms with E-state index in [4.69, 9.17) is 16.3 Å². The van der Waals surface area contributed by atoms with Crippen LogP contribution in [0.1, 0.15) is 42.1 Å². The summed E-state index contributed by atoms with van der Waals surface area (Å²) in [7, 11) is -4.06. The second-order valence-corrected chi connectivity index (χ2v) is 10.6. The summed E-state index contributed by atoms with van der Waals surface area (Å²) in [4.78, 5) is 25.1. The van der Waals surface area contributed by atoms with E-state index in [-0.39, 0.29) is 27.9 Å². The molecule has 0 saturated heterocycles. The Morgan fingerprint density at radius 3 is 2.43 bits per heavy atom. The number of benzene rings is 3. The van der Waals surface area contributed by atoms with Crippen molar-refractivity contribution in [1.29, 1.82) is 0 Å². The van der Waals surface area contributed by atoms with Gasteiger partial charge in [-0.1, -0.05) is 67.9 Å². The molecule has 194 valence electrons. The summed E-state index contributed by atoms with van der Waals surface area (Å²) in [5.41, 5.74) is 1.90. The molecular weight excluding hydrogens is 512 g/mol. The Hall–Kier alpha value is -3.62. The number of amides is 1. The first-order chi connectivity index (χ1) is 17.7. The second-order valence-electron chi connectivity index (χ2n) is 8.32. The van der Waals surface area contributed by atoms with E-state index < -0.39 is 28.5 Å². The van der Waals surface area contributed by atoms with Gasteiger partial charge in [0.15, 0.2) is 6.61 Å². The Balaban J connectivity index is 1.77. The van der Waals surface area contributed by atoms with Gasteiger partial charge in [0.1, 0.15) is 0 Å². The minimum Gasteiger partial charge on any atom is -0.452 e. The van der Waals surface area contributed by atoms with Crippen molar-refractivity contribution in [3.05, 3.63) is 102 Å². The zero-order valence-corrected chi connectivity index (χ0v) is 22.3. The van der Waals surface area contributed by atoms with Crippen molar-refractivity contribution in [1.82, 2.24) is 0 Å². The van der Waals surface area contributed by atoms with Gasteiger partial charge in [0, 0.05) is 5.69 Å². The molecule has 0 spiro atoms. The first kappa shape index (κ1) is 28.0. The molecule has 37 heavy (non-hydrogen) atoms. The third kappa shape index (κ3) is 6.78. The Morgan fingerprint density at radius 2 is 1.76 bits per heavy atom. The van der Waals surface area contributed by atoms with E-state index in [0.717, 1.165) is 18.1 Å². The van der Waals surface area contributed by atoms with E-state index in [2.05, 4.69) is 25.7 Å². The highest BCUT2D eigenvalue weighted by Crippen LogP contribution is 2.28. The lowest BCUT2D eigenvalue weighted by molar-refractivity contribution is -0.119. The average molecular weight is 541 g/mol. The Labute approximate surface area is 222 Å². The SMILES string of the molecule is C=CCN(c1ccccc1)S(=O)(=O)c1ccc(Cl)c(C(=O)OCC(=O)Nc2ccccc2[C@H](C)CC)c1. The first-order valence-electron chi connectivity index (χ1n) is 11.7. The van der Waals surface area contributed by atoms with Gasteiger partial charge in [0.05, 0.1) is 27.7 Å². The van der Waals surface area contributed by atoms with E-state index in [1.54, 1.807) is 36.4 Å². The third-order valence-corrected chi connectivity index (χ3v) is 7.92. The number of halogens is 1. The summed E-state index contributed by atoms with van der Waals surface area (Å²) >= 11 is 6.19. The summed E-state index contributed by atoms with van der Waals surface area (Å²) < 4.78 is 33.2. The van der Waals surface area contributed by atoms with Gasteiger partial charge in [0.2, 0.25) is 0 Å². The van der Waals surface area contributed by atoms with Crippen molar-refractivity contribution in [2.45, 2.75) is 31.1 Å². The van der Waals surface area contributed by atoms with E-state index >= 15 is 0 Å². The molecule has 0 bridgehead atoms. The molecule has 0 aliphatic carbocycles. The average Bonchev–Trinajstić information content (AvgIpc) is 2.90. The summed E-state index contributed by atoms with van der Waals surface area (Å²) in [5.74, 6) is -1.20. The molecule has 0 aliphatic rings. The lowest BCUT2D eigenvalue weighted by atomic mass is 9.97. The molecule has 0 unspecified atom stereocenters. The summed E-state index contributed by atoms with van der Waals surface area (Å²) in [6.07, 6.45) is 2.36. The van der Waals surface area contributed by atoms with E-state index in [0.29, 0.717) is 11.4 Å². The highest BCUT2D eigenvalue weighted by molar-refractivity contribution is 7.92. The van der Waals surface area contributed by atoms with E-state index in [9.17, 15) is 18.0 Å². The highest BCUT2D eigenvalue weighted by atomic mass is 35.5. The summed E-state index contributed by atoms with van der Waals surface area (Å²) in [6.45, 7) is 7.22. The molecule has 3 aromatic rings. The topological polar surface area (TPSA) is 92.8 Å². The smallest absolute Gasteiger partial charge is 0.340 e. The Kier molecular flexibility index (Phi) is 9.49. The number of nitrogens with one attached hydrogen (secondary N) is 1. The van der Waals surface area contributed by atoms with Crippen molar-refractivity contribution in [3.63, 3.8) is 0 Å². The molecule has 3 rings (SSSR count). The van der Waals surface area contributed by atoms with Crippen molar-refractivity contribution in [2.24, 2.45) is 0 Å². The molecule has 0 aromatic heterocycles. The van der Waals surface area contributed by atoms with Crippen LogP contribution in [-0.2, 0) is 19.6 Å². The minimum absolute atomic E-state index is 0.00135. The fourth-order valence-corrected chi connectivity index (χ4v) is 5.31. The molecule has 0 heterocycles. The Morgan fingerprint density at radius 1 is 1.08 bits per heavy atom. The molecule has 7 nitrogen and oxygen atoms in total. The van der Waals surface area contributed by atoms with Crippen molar-refractivity contribution >= 4 is 44.9 Å². The van der Waals surface area contributed by atoms with E-state index in [1.165, 1.54) is 22.5 Å². The fourth-order valence-electron chi connectivity index (χ4n) is 3.66. The second kappa shape index (κ2) is 12.6. The molecule has 0 saturated carbocycles. The van der Waals surface area contributed by atoms with Crippen LogP contribution in [-0.4, -0.2) is 33.4 Å². The number of carbonyl (C=O) groups excluding carboxylic acids is 2. The predicted molar refractivity (Wildman–Crippen MR) is 147 cm³/mol. The van der Waals surface area contributed by atoms with Crippen LogP contribution in [0.4, 0.5) is 11.4 Å². The van der Waals surface area contributed by atoms with Gasteiger partial charge in [-0.05, 0) is 54.3 Å². The zero-order chi connectivity index (χ0) is 27.0. The number of hydrogen-bond acceptors (Lipinski definition) is 5. The number of para-hydroxylation sites is 2. The minimum atomic E-state index is -4.06. The summed E-state index contributed by atoms with van der Waals surface area (Å²) in [5, 5.41) is 2.77. The number of esters is 1. The summed E-state index contributed by atoms with van der Waals surface area (Å²) in [6, 6.07) is 19.7. The van der Waals surface area contributed by atoms with Crippen LogP contribution in [0.2, 0.25) is 5.02 Å². The van der Waals surface area contributed by atoms with Crippen molar-refractivity contribution in [2.75, 3.05) is 22.8 Å². The number of rotatable bonds is 11. The monoisotopic (exact) mass is 540 g/mol. The lowest BCUT2D eigenvalue weighted by Gasteiger charge is -2.23. The van der Waals surface area contributed by atoms with Crippen LogP contribution in [0.3, 0.4) is 0 Å². The van der Waals surface area contributed by atoms with Gasteiger partial charge >= 0.3 is 5.97 Å². The van der Waals surface area contributed by atoms with Gasteiger partial charge in [-0.3, -0.25) is 9.10 Å². The van der Waals surface area contributed by atoms with Gasteiger partial charge in [-0.2, -0.15) is 0 Å². The molecule has 3 aromatic carbocycles. The predicted octanol–water partition coefficient (Wildman–Crippen LogP) is 6.03. The van der Waals surface area contributed by atoms with Crippen LogP contribution < -0.4 is 9.62 Å². The molecule has 1 amide bonds. The lowest BCUT2D eigenvalue weighted by Crippen LogP contribution is -2.31. The van der Waals surface area contributed by atoms with Crippen LogP contribution in [0.15, 0.2) is 90.3 Å². The van der Waals surface area contributed by atoms with E-state index in [1.807, 2.05) is 18.2 Å². The van der Waals surface area contributed by atoms with Crippen LogP contribution in [0.25, 0.3) is 0 Å². The number of anilines is 2. The van der Waals surface area contributed by atoms with Crippen LogP contribution in [0.5, 0.6) is 0 Å². The van der Waals surface area contributed by atoms with Gasteiger partial charge in [-0.25, -0.2) is 13.2 Å². The molecule has 1 N–H and O–H groups in total. The number of hydrogen-bond donors (Lipinski definition) is 1. The number of ether oxygens (including phenoxy) is 1. The maximum atomic E-state index is 13.4. The molecule has 0 aliphatic heterocycles. The fraction of sp³-hybridized carbons (Fsp3) is 0.214. The van der Waals surface area contributed by atoms with Crippen molar-refractivity contribution in [3.8, 4) is 0 Å².